The largest absolute Gasteiger partial charge is 0.472 e. The van der Waals surface area contributed by atoms with Gasteiger partial charge in [-0.25, -0.2) is 0 Å². The van der Waals surface area contributed by atoms with Gasteiger partial charge in [-0.05, 0) is 25.5 Å². The van der Waals surface area contributed by atoms with E-state index in [0.717, 1.165) is 18.4 Å². The van der Waals surface area contributed by atoms with Crippen molar-refractivity contribution in [2.75, 3.05) is 6.54 Å². The highest BCUT2D eigenvalue weighted by Gasteiger charge is 2.05. The molecule has 0 aliphatic carbocycles. The predicted octanol–water partition coefficient (Wildman–Crippen LogP) is 1.44. The van der Waals surface area contributed by atoms with Crippen LogP contribution in [-0.2, 0) is 0 Å². The summed E-state index contributed by atoms with van der Waals surface area (Å²) >= 11 is 0. The van der Waals surface area contributed by atoms with Crippen LogP contribution >= 0.6 is 12.4 Å². The van der Waals surface area contributed by atoms with E-state index >= 15 is 0 Å². The van der Waals surface area contributed by atoms with E-state index in [-0.39, 0.29) is 18.4 Å². The zero-order chi connectivity index (χ0) is 8.10. The zero-order valence-corrected chi connectivity index (χ0v) is 7.72. The van der Waals surface area contributed by atoms with Crippen molar-refractivity contribution in [3.8, 4) is 0 Å². The van der Waals surface area contributed by atoms with Crippen LogP contribution < -0.4 is 11.5 Å². The summed E-state index contributed by atoms with van der Waals surface area (Å²) in [5.41, 5.74) is 12.2. The lowest BCUT2D eigenvalue weighted by Gasteiger charge is -2.06. The van der Waals surface area contributed by atoms with Gasteiger partial charge < -0.3 is 15.9 Å². The van der Waals surface area contributed by atoms with E-state index in [9.17, 15) is 0 Å². The molecule has 0 aromatic carbocycles. The summed E-state index contributed by atoms with van der Waals surface area (Å²) in [5, 5.41) is 0. The van der Waals surface area contributed by atoms with Crippen LogP contribution in [0.25, 0.3) is 0 Å². The molecule has 1 rings (SSSR count). The van der Waals surface area contributed by atoms with Gasteiger partial charge in [0.1, 0.15) is 0 Å². The van der Waals surface area contributed by atoms with Gasteiger partial charge in [-0.3, -0.25) is 0 Å². The van der Waals surface area contributed by atoms with Gasteiger partial charge in [0.25, 0.3) is 0 Å². The molecule has 4 heteroatoms. The maximum Gasteiger partial charge on any atom is 0.0950 e. The molecule has 0 unspecified atom stereocenters. The lowest BCUT2D eigenvalue weighted by molar-refractivity contribution is 0.551. The van der Waals surface area contributed by atoms with E-state index in [1.165, 1.54) is 0 Å². The molecule has 1 atom stereocenters. The summed E-state index contributed by atoms with van der Waals surface area (Å²) in [6.07, 6.45) is 5.21. The molecule has 0 bridgehead atoms. The minimum Gasteiger partial charge on any atom is -0.472 e. The summed E-state index contributed by atoms with van der Waals surface area (Å²) in [6.45, 7) is 0.700. The first-order valence-corrected chi connectivity index (χ1v) is 3.82. The van der Waals surface area contributed by atoms with Crippen molar-refractivity contribution in [2.24, 2.45) is 11.5 Å². The molecule has 0 saturated heterocycles. The molecule has 12 heavy (non-hydrogen) atoms. The van der Waals surface area contributed by atoms with Gasteiger partial charge in [0.15, 0.2) is 0 Å². The Bertz CT molecular complexity index is 189. The zero-order valence-electron chi connectivity index (χ0n) is 6.90. The molecule has 1 aromatic rings. The molecule has 1 aromatic heterocycles. The third-order valence-electron chi connectivity index (χ3n) is 1.69. The minimum absolute atomic E-state index is 0. The summed E-state index contributed by atoms with van der Waals surface area (Å²) in [4.78, 5) is 0. The van der Waals surface area contributed by atoms with Gasteiger partial charge in [-0.15, -0.1) is 12.4 Å². The van der Waals surface area contributed by atoms with E-state index in [2.05, 4.69) is 0 Å². The molecule has 0 spiro atoms. The second-order valence-corrected chi connectivity index (χ2v) is 2.59. The fraction of sp³-hybridized carbons (Fsp3) is 0.500. The van der Waals surface area contributed by atoms with Crippen LogP contribution in [0.5, 0.6) is 0 Å². The van der Waals surface area contributed by atoms with E-state index in [1.54, 1.807) is 12.5 Å². The maximum absolute atomic E-state index is 5.81. The Morgan fingerprint density at radius 2 is 2.25 bits per heavy atom. The molecule has 4 N–H and O–H groups in total. The van der Waals surface area contributed by atoms with Gasteiger partial charge in [0, 0.05) is 11.6 Å². The average Bonchev–Trinajstić information content (AvgIpc) is 2.52. The van der Waals surface area contributed by atoms with Crippen LogP contribution in [0.4, 0.5) is 0 Å². The van der Waals surface area contributed by atoms with Gasteiger partial charge >= 0.3 is 0 Å². The van der Waals surface area contributed by atoms with Crippen molar-refractivity contribution >= 4 is 12.4 Å². The standard InChI is InChI=1S/C8H14N2O.ClH/c9-4-1-2-8(10)7-3-5-11-6-7;/h3,5-6,8H,1-2,4,9-10H2;1H/t8-;/m0./s1. The number of nitrogens with two attached hydrogens (primary N) is 2. The van der Waals surface area contributed by atoms with Crippen molar-refractivity contribution in [3.05, 3.63) is 24.2 Å². The molecule has 3 nitrogen and oxygen atoms in total. The van der Waals surface area contributed by atoms with E-state index in [1.807, 2.05) is 6.07 Å². The molecular formula is C8H15ClN2O. The first-order valence-electron chi connectivity index (χ1n) is 3.82. The smallest absolute Gasteiger partial charge is 0.0950 e. The summed E-state index contributed by atoms with van der Waals surface area (Å²) in [6, 6.07) is 1.97. The Labute approximate surface area is 78.5 Å². The normalized spacial score (nSPS) is 12.2. The minimum atomic E-state index is 0. The number of hydrogen-bond donors (Lipinski definition) is 2. The maximum atomic E-state index is 5.81. The third kappa shape index (κ3) is 3.26. The predicted molar refractivity (Wildman–Crippen MR) is 51.2 cm³/mol. The molecular weight excluding hydrogens is 176 g/mol. The van der Waals surface area contributed by atoms with Gasteiger partial charge in [0.2, 0.25) is 0 Å². The van der Waals surface area contributed by atoms with Crippen molar-refractivity contribution in [1.29, 1.82) is 0 Å². The molecule has 70 valence electrons. The van der Waals surface area contributed by atoms with E-state index < -0.39 is 0 Å². The Kier molecular flexibility index (Phi) is 5.80. The third-order valence-corrected chi connectivity index (χ3v) is 1.69. The van der Waals surface area contributed by atoms with Crippen LogP contribution in [0.3, 0.4) is 0 Å². The number of halogens is 1. The topological polar surface area (TPSA) is 65.2 Å². The Balaban J connectivity index is 0.00000121. The highest BCUT2D eigenvalue weighted by molar-refractivity contribution is 5.85. The molecule has 1 heterocycles. The van der Waals surface area contributed by atoms with Crippen LogP contribution in [0.15, 0.2) is 23.0 Å². The SMILES string of the molecule is Cl.NCCC[C@H](N)c1ccoc1. The van der Waals surface area contributed by atoms with Crippen LogP contribution in [-0.4, -0.2) is 6.54 Å². The average molecular weight is 191 g/mol. The van der Waals surface area contributed by atoms with Crippen molar-refractivity contribution in [2.45, 2.75) is 18.9 Å². The van der Waals surface area contributed by atoms with E-state index in [4.69, 9.17) is 15.9 Å². The number of rotatable bonds is 4. The van der Waals surface area contributed by atoms with E-state index in [0.29, 0.717) is 6.54 Å². The van der Waals surface area contributed by atoms with Gasteiger partial charge in [-0.1, -0.05) is 0 Å². The fourth-order valence-corrected chi connectivity index (χ4v) is 0.990. The summed E-state index contributed by atoms with van der Waals surface area (Å²) in [7, 11) is 0. The Morgan fingerprint density at radius 3 is 2.75 bits per heavy atom. The quantitative estimate of drug-likeness (QED) is 0.755. The fourth-order valence-electron chi connectivity index (χ4n) is 0.990. The lowest BCUT2D eigenvalue weighted by Crippen LogP contribution is -2.11. The van der Waals surface area contributed by atoms with Gasteiger partial charge in [0.05, 0.1) is 12.5 Å². The molecule has 0 saturated carbocycles. The number of hydrogen-bond acceptors (Lipinski definition) is 3. The van der Waals surface area contributed by atoms with Crippen molar-refractivity contribution in [1.82, 2.24) is 0 Å². The van der Waals surface area contributed by atoms with Crippen molar-refractivity contribution in [3.63, 3.8) is 0 Å². The highest BCUT2D eigenvalue weighted by Crippen LogP contribution is 2.14. The second-order valence-electron chi connectivity index (χ2n) is 2.59. The highest BCUT2D eigenvalue weighted by atomic mass is 35.5. The van der Waals surface area contributed by atoms with Crippen LogP contribution in [0.1, 0.15) is 24.4 Å². The van der Waals surface area contributed by atoms with Crippen molar-refractivity contribution < 1.29 is 4.42 Å². The summed E-state index contributed by atoms with van der Waals surface area (Å²) in [5.74, 6) is 0. The number of furan rings is 1. The molecule has 0 fully saturated rings. The van der Waals surface area contributed by atoms with Crippen LogP contribution in [0.2, 0.25) is 0 Å². The van der Waals surface area contributed by atoms with Gasteiger partial charge in [-0.2, -0.15) is 0 Å². The monoisotopic (exact) mass is 190 g/mol. The molecule has 0 aliphatic rings. The first kappa shape index (κ1) is 11.5. The lowest BCUT2D eigenvalue weighted by atomic mass is 10.1. The molecule has 0 radical (unpaired) electrons. The molecule has 0 aliphatic heterocycles. The Morgan fingerprint density at radius 1 is 1.50 bits per heavy atom. The molecule has 0 amide bonds. The second kappa shape index (κ2) is 6.06. The van der Waals surface area contributed by atoms with Crippen LogP contribution in [0, 0.1) is 0 Å². The first-order chi connectivity index (χ1) is 5.34. The summed E-state index contributed by atoms with van der Waals surface area (Å²) < 4.78 is 4.90. The Hall–Kier alpha value is -0.510.